The fraction of sp³-hybridized carbons (Fsp3) is 0. The van der Waals surface area contributed by atoms with Crippen LogP contribution in [0.4, 0.5) is 11.4 Å². The molecule has 2 heterocycles. The molecule has 0 amide bonds. The average Bonchev–Trinajstić information content (AvgIpc) is 2.76. The first-order valence-corrected chi connectivity index (χ1v) is 9.11. The van der Waals surface area contributed by atoms with Crippen molar-refractivity contribution in [3.05, 3.63) is 97.1 Å². The van der Waals surface area contributed by atoms with E-state index < -0.39 is 0 Å². The topological polar surface area (TPSA) is 47.0 Å². The molecular formula is C24H17N3O. The molecule has 4 heteroatoms. The lowest BCUT2D eigenvalue weighted by molar-refractivity contribution is 0.481. The van der Waals surface area contributed by atoms with Crippen molar-refractivity contribution in [3.8, 4) is 11.5 Å². The first-order chi connectivity index (χ1) is 13.9. The number of ether oxygens (including phenoxy) is 1. The van der Waals surface area contributed by atoms with Gasteiger partial charge in [0.05, 0.1) is 33.4 Å². The van der Waals surface area contributed by atoms with E-state index in [-0.39, 0.29) is 0 Å². The minimum Gasteiger partial charge on any atom is -0.453 e. The predicted molar refractivity (Wildman–Crippen MR) is 113 cm³/mol. The number of hydrogen-bond acceptors (Lipinski definition) is 4. The van der Waals surface area contributed by atoms with Crippen molar-refractivity contribution in [2.75, 3.05) is 5.32 Å². The molecule has 0 saturated carbocycles. The molecule has 0 bridgehead atoms. The average molecular weight is 363 g/mol. The van der Waals surface area contributed by atoms with E-state index in [4.69, 9.17) is 4.74 Å². The lowest BCUT2D eigenvalue weighted by Gasteiger charge is -2.20. The highest BCUT2D eigenvalue weighted by Crippen LogP contribution is 2.40. The van der Waals surface area contributed by atoms with Crippen molar-refractivity contribution in [2.24, 2.45) is 0 Å². The minimum absolute atomic E-state index is 0.881. The Kier molecular flexibility index (Phi) is 4.07. The summed E-state index contributed by atoms with van der Waals surface area (Å²) in [7, 11) is 0. The Balaban J connectivity index is 0.000000122. The zero-order valence-electron chi connectivity index (χ0n) is 15.0. The van der Waals surface area contributed by atoms with E-state index >= 15 is 0 Å². The van der Waals surface area contributed by atoms with Gasteiger partial charge in [-0.15, -0.1) is 0 Å². The maximum atomic E-state index is 5.71. The molecule has 0 atom stereocenters. The molecule has 28 heavy (non-hydrogen) atoms. The van der Waals surface area contributed by atoms with Crippen molar-refractivity contribution < 1.29 is 4.74 Å². The van der Waals surface area contributed by atoms with E-state index in [0.29, 0.717) is 0 Å². The Bertz CT molecular complexity index is 1090. The Morgan fingerprint density at radius 1 is 0.464 bits per heavy atom. The van der Waals surface area contributed by atoms with Crippen LogP contribution in [0, 0.1) is 0 Å². The van der Waals surface area contributed by atoms with Crippen molar-refractivity contribution in [3.63, 3.8) is 0 Å². The van der Waals surface area contributed by atoms with Gasteiger partial charge in [0.15, 0.2) is 11.5 Å². The van der Waals surface area contributed by atoms with Crippen LogP contribution < -0.4 is 10.1 Å². The summed E-state index contributed by atoms with van der Waals surface area (Å²) in [6.45, 7) is 0. The zero-order valence-corrected chi connectivity index (χ0v) is 15.0. The van der Waals surface area contributed by atoms with E-state index in [9.17, 15) is 0 Å². The summed E-state index contributed by atoms with van der Waals surface area (Å²) in [6, 6.07) is 31.7. The summed E-state index contributed by atoms with van der Waals surface area (Å²) in [5, 5.41) is 3.32. The molecule has 0 aliphatic carbocycles. The number of anilines is 2. The third kappa shape index (κ3) is 3.12. The summed E-state index contributed by atoms with van der Waals surface area (Å²) in [4.78, 5) is 9.03. The van der Waals surface area contributed by atoms with Gasteiger partial charge in [-0.1, -0.05) is 48.5 Å². The highest BCUT2D eigenvalue weighted by Gasteiger charge is 2.13. The third-order valence-electron chi connectivity index (χ3n) is 4.51. The van der Waals surface area contributed by atoms with Crippen LogP contribution in [0.1, 0.15) is 0 Å². The van der Waals surface area contributed by atoms with Crippen LogP contribution in [0.5, 0.6) is 11.5 Å². The summed E-state index contributed by atoms with van der Waals surface area (Å²) in [5.74, 6) is 1.76. The van der Waals surface area contributed by atoms with Crippen LogP contribution in [0.3, 0.4) is 0 Å². The molecule has 5 aromatic rings. The van der Waals surface area contributed by atoms with Gasteiger partial charge in [0.25, 0.3) is 0 Å². The van der Waals surface area contributed by atoms with E-state index in [1.807, 2.05) is 97.1 Å². The van der Waals surface area contributed by atoms with Gasteiger partial charge in [0.1, 0.15) is 0 Å². The monoisotopic (exact) mass is 363 g/mol. The number of para-hydroxylation sites is 8. The quantitative estimate of drug-likeness (QED) is 0.321. The summed E-state index contributed by atoms with van der Waals surface area (Å²) in [6.07, 6.45) is 0. The summed E-state index contributed by atoms with van der Waals surface area (Å²) in [5.41, 5.74) is 5.84. The van der Waals surface area contributed by atoms with Crippen LogP contribution >= 0.6 is 0 Å². The fourth-order valence-electron chi connectivity index (χ4n) is 3.15. The molecule has 0 spiro atoms. The van der Waals surface area contributed by atoms with Gasteiger partial charge in [-0.2, -0.15) is 0 Å². The lowest BCUT2D eigenvalue weighted by Crippen LogP contribution is -2.01. The van der Waals surface area contributed by atoms with Crippen LogP contribution in [-0.4, -0.2) is 9.97 Å². The Hall–Kier alpha value is -3.92. The Labute approximate surface area is 162 Å². The fourth-order valence-corrected chi connectivity index (χ4v) is 3.15. The lowest BCUT2D eigenvalue weighted by atomic mass is 10.2. The van der Waals surface area contributed by atoms with Gasteiger partial charge in [-0.05, 0) is 48.5 Å². The second-order valence-electron chi connectivity index (χ2n) is 6.42. The number of benzene rings is 4. The standard InChI is InChI=1S/C12H8N2.C12H9NO/c1-2-6-10-9(5-1)13-11-7-3-4-8-12(11)14-10;1-3-7-11-9(5-1)13-10-6-2-4-8-12(10)14-11/h1-8H;1-8,13H. The molecule has 0 saturated heterocycles. The molecule has 0 fully saturated rings. The van der Waals surface area contributed by atoms with Gasteiger partial charge in [-0.25, -0.2) is 9.97 Å². The number of fused-ring (bicyclic) bond motifs is 4. The van der Waals surface area contributed by atoms with Crippen molar-refractivity contribution >= 4 is 33.4 Å². The third-order valence-corrected chi connectivity index (χ3v) is 4.51. The molecule has 4 aromatic carbocycles. The molecule has 0 unspecified atom stereocenters. The number of aromatic nitrogens is 2. The smallest absolute Gasteiger partial charge is 0.150 e. The van der Waals surface area contributed by atoms with E-state index in [1.165, 1.54) is 0 Å². The van der Waals surface area contributed by atoms with Gasteiger partial charge in [0.2, 0.25) is 0 Å². The first kappa shape index (κ1) is 16.3. The molecule has 6 rings (SSSR count). The molecule has 4 nitrogen and oxygen atoms in total. The molecule has 1 aliphatic rings. The van der Waals surface area contributed by atoms with Gasteiger partial charge >= 0.3 is 0 Å². The van der Waals surface area contributed by atoms with Crippen molar-refractivity contribution in [1.29, 1.82) is 0 Å². The Morgan fingerprint density at radius 3 is 1.25 bits per heavy atom. The van der Waals surface area contributed by atoms with Crippen LogP contribution in [0.2, 0.25) is 0 Å². The molecule has 1 aromatic heterocycles. The summed E-state index contributed by atoms with van der Waals surface area (Å²) >= 11 is 0. The SMILES string of the molecule is c1ccc2c(c1)Nc1ccccc1O2.c1ccc2nc3ccccc3nc2c1. The second kappa shape index (κ2) is 7.00. The molecule has 1 N–H and O–H groups in total. The largest absolute Gasteiger partial charge is 0.453 e. The molecule has 1 aliphatic heterocycles. The van der Waals surface area contributed by atoms with Gasteiger partial charge in [0, 0.05) is 0 Å². The normalized spacial score (nSPS) is 11.4. The molecule has 0 radical (unpaired) electrons. The van der Waals surface area contributed by atoms with E-state index in [2.05, 4.69) is 15.3 Å². The number of rotatable bonds is 0. The Morgan fingerprint density at radius 2 is 0.821 bits per heavy atom. The number of hydrogen-bond donors (Lipinski definition) is 1. The summed E-state index contributed by atoms with van der Waals surface area (Å²) < 4.78 is 5.71. The van der Waals surface area contributed by atoms with Gasteiger partial charge in [-0.3, -0.25) is 0 Å². The first-order valence-electron chi connectivity index (χ1n) is 9.11. The highest BCUT2D eigenvalue weighted by atomic mass is 16.5. The number of nitrogens with one attached hydrogen (secondary N) is 1. The molecular weight excluding hydrogens is 346 g/mol. The van der Waals surface area contributed by atoms with E-state index in [1.54, 1.807) is 0 Å². The van der Waals surface area contributed by atoms with Crippen molar-refractivity contribution in [2.45, 2.75) is 0 Å². The van der Waals surface area contributed by atoms with E-state index in [0.717, 1.165) is 44.9 Å². The van der Waals surface area contributed by atoms with Crippen LogP contribution in [0.15, 0.2) is 97.1 Å². The number of nitrogens with zero attached hydrogens (tertiary/aromatic N) is 2. The van der Waals surface area contributed by atoms with Crippen molar-refractivity contribution in [1.82, 2.24) is 9.97 Å². The van der Waals surface area contributed by atoms with Gasteiger partial charge < -0.3 is 10.1 Å². The maximum absolute atomic E-state index is 5.71. The predicted octanol–water partition coefficient (Wildman–Crippen LogP) is 6.32. The minimum atomic E-state index is 0.881. The van der Waals surface area contributed by atoms with Crippen LogP contribution in [-0.2, 0) is 0 Å². The molecule has 134 valence electrons. The zero-order chi connectivity index (χ0) is 18.8. The maximum Gasteiger partial charge on any atom is 0.150 e. The highest BCUT2D eigenvalue weighted by molar-refractivity contribution is 5.85. The second-order valence-corrected chi connectivity index (χ2v) is 6.42. The van der Waals surface area contributed by atoms with Crippen LogP contribution in [0.25, 0.3) is 22.1 Å².